The summed E-state index contributed by atoms with van der Waals surface area (Å²) >= 11 is 7.39. The molecule has 1 atom stereocenters. The average Bonchev–Trinajstić information content (AvgIpc) is 3.01. The normalized spacial score (nSPS) is 18.2. The Labute approximate surface area is 143 Å². The molecule has 1 fully saturated rings. The number of aromatic nitrogens is 3. The second kappa shape index (κ2) is 7.33. The smallest absolute Gasteiger partial charge is 0.233 e. The number of thioether (sulfide) groups is 1. The lowest BCUT2D eigenvalue weighted by molar-refractivity contribution is -0.135. The van der Waals surface area contributed by atoms with Crippen LogP contribution in [0.25, 0.3) is 5.69 Å². The second-order valence-electron chi connectivity index (χ2n) is 5.27. The number of benzene rings is 1. The maximum Gasteiger partial charge on any atom is 0.233 e. The van der Waals surface area contributed by atoms with Gasteiger partial charge < -0.3 is 9.64 Å². The summed E-state index contributed by atoms with van der Waals surface area (Å²) < 4.78 is 7.28. The number of morpholine rings is 1. The standard InChI is InChI=1S/C15H17ClN4O2S/c1-11-8-19(5-6-22-11)14(21)9-23-15-18-17-10-20(15)13-4-2-3-12(16)7-13/h2-4,7,10-11H,5-6,8-9H2,1H3. The lowest BCUT2D eigenvalue weighted by Gasteiger charge is -2.31. The van der Waals surface area contributed by atoms with E-state index < -0.39 is 0 Å². The lowest BCUT2D eigenvalue weighted by Crippen LogP contribution is -2.45. The van der Waals surface area contributed by atoms with Crippen molar-refractivity contribution in [1.82, 2.24) is 19.7 Å². The van der Waals surface area contributed by atoms with E-state index in [1.54, 1.807) is 6.33 Å². The lowest BCUT2D eigenvalue weighted by atomic mass is 10.3. The highest BCUT2D eigenvalue weighted by atomic mass is 35.5. The molecular formula is C15H17ClN4O2S. The first-order valence-corrected chi connectivity index (χ1v) is 8.68. The Bertz CT molecular complexity index is 694. The van der Waals surface area contributed by atoms with Crippen molar-refractivity contribution in [1.29, 1.82) is 0 Å². The number of rotatable bonds is 4. The highest BCUT2D eigenvalue weighted by molar-refractivity contribution is 7.99. The zero-order valence-corrected chi connectivity index (χ0v) is 14.3. The molecule has 3 rings (SSSR count). The van der Waals surface area contributed by atoms with Crippen molar-refractivity contribution in [3.05, 3.63) is 35.6 Å². The fourth-order valence-electron chi connectivity index (χ4n) is 2.39. The third-order valence-electron chi connectivity index (χ3n) is 3.52. The van der Waals surface area contributed by atoms with Crippen LogP contribution >= 0.6 is 23.4 Å². The average molecular weight is 353 g/mol. The molecule has 2 aromatic rings. The fraction of sp³-hybridized carbons (Fsp3) is 0.400. The highest BCUT2D eigenvalue weighted by Gasteiger charge is 2.22. The van der Waals surface area contributed by atoms with Crippen LogP contribution in [0, 0.1) is 0 Å². The number of halogens is 1. The van der Waals surface area contributed by atoms with Gasteiger partial charge in [0.15, 0.2) is 5.16 Å². The molecule has 0 bridgehead atoms. The molecule has 1 aliphatic rings. The van der Waals surface area contributed by atoms with Crippen molar-refractivity contribution in [2.75, 3.05) is 25.4 Å². The monoisotopic (exact) mass is 352 g/mol. The van der Waals surface area contributed by atoms with E-state index in [9.17, 15) is 4.79 Å². The van der Waals surface area contributed by atoms with E-state index in [0.717, 1.165) is 5.69 Å². The van der Waals surface area contributed by atoms with E-state index in [2.05, 4.69) is 10.2 Å². The van der Waals surface area contributed by atoms with Crippen LogP contribution in [0.15, 0.2) is 35.7 Å². The summed E-state index contributed by atoms with van der Waals surface area (Å²) in [5.41, 5.74) is 0.873. The Balaban J connectivity index is 1.65. The topological polar surface area (TPSA) is 60.2 Å². The molecule has 1 aliphatic heterocycles. The summed E-state index contributed by atoms with van der Waals surface area (Å²) in [6.07, 6.45) is 1.71. The van der Waals surface area contributed by atoms with Gasteiger partial charge in [0.1, 0.15) is 6.33 Å². The summed E-state index contributed by atoms with van der Waals surface area (Å²) in [4.78, 5) is 14.1. The van der Waals surface area contributed by atoms with Crippen LogP contribution in [0.1, 0.15) is 6.92 Å². The van der Waals surface area contributed by atoms with Crippen molar-refractivity contribution in [3.63, 3.8) is 0 Å². The molecule has 0 aliphatic carbocycles. The number of hydrogen-bond donors (Lipinski definition) is 0. The van der Waals surface area contributed by atoms with Gasteiger partial charge in [0.25, 0.3) is 0 Å². The minimum atomic E-state index is 0.0887. The number of nitrogens with zero attached hydrogens (tertiary/aromatic N) is 4. The van der Waals surface area contributed by atoms with Crippen LogP contribution < -0.4 is 0 Å². The molecule has 0 saturated carbocycles. The van der Waals surface area contributed by atoms with Crippen LogP contribution in [0.2, 0.25) is 5.02 Å². The molecule has 1 amide bonds. The SMILES string of the molecule is CC1CN(C(=O)CSc2nncn2-c2cccc(Cl)c2)CCO1. The van der Waals surface area contributed by atoms with Crippen LogP contribution in [0.5, 0.6) is 0 Å². The van der Waals surface area contributed by atoms with E-state index in [1.165, 1.54) is 11.8 Å². The van der Waals surface area contributed by atoms with Gasteiger partial charge in [-0.15, -0.1) is 10.2 Å². The van der Waals surface area contributed by atoms with Gasteiger partial charge in [0.2, 0.25) is 5.91 Å². The summed E-state index contributed by atoms with van der Waals surface area (Å²) in [6.45, 7) is 3.85. The molecule has 1 saturated heterocycles. The molecule has 8 heteroatoms. The maximum atomic E-state index is 12.3. The van der Waals surface area contributed by atoms with Crippen molar-refractivity contribution in [2.24, 2.45) is 0 Å². The molecule has 0 spiro atoms. The first-order chi connectivity index (χ1) is 11.1. The van der Waals surface area contributed by atoms with Crippen LogP contribution in [-0.2, 0) is 9.53 Å². The quantitative estimate of drug-likeness (QED) is 0.790. The minimum absolute atomic E-state index is 0.0887. The Morgan fingerprint density at radius 2 is 2.39 bits per heavy atom. The van der Waals surface area contributed by atoms with Gasteiger partial charge in [-0.3, -0.25) is 9.36 Å². The molecule has 6 nitrogen and oxygen atoms in total. The Morgan fingerprint density at radius 3 is 3.17 bits per heavy atom. The van der Waals surface area contributed by atoms with Crippen LogP contribution in [0.3, 0.4) is 0 Å². The minimum Gasteiger partial charge on any atom is -0.375 e. The summed E-state index contributed by atoms with van der Waals surface area (Å²) in [5, 5.41) is 9.34. The van der Waals surface area contributed by atoms with Crippen LogP contribution in [-0.4, -0.2) is 57.1 Å². The predicted octanol–water partition coefficient (Wildman–Crippen LogP) is 2.26. The molecule has 0 N–H and O–H groups in total. The largest absolute Gasteiger partial charge is 0.375 e. The Hall–Kier alpha value is -1.57. The summed E-state index contributed by atoms with van der Waals surface area (Å²) in [5.74, 6) is 0.414. The summed E-state index contributed by atoms with van der Waals surface area (Å²) in [7, 11) is 0. The Kier molecular flexibility index (Phi) is 5.20. The van der Waals surface area contributed by atoms with Crippen molar-refractivity contribution >= 4 is 29.3 Å². The van der Waals surface area contributed by atoms with Gasteiger partial charge in [-0.05, 0) is 25.1 Å². The van der Waals surface area contributed by atoms with E-state index in [-0.39, 0.29) is 12.0 Å². The molecule has 122 valence electrons. The number of amides is 1. The molecule has 1 unspecified atom stereocenters. The number of hydrogen-bond acceptors (Lipinski definition) is 5. The molecular weight excluding hydrogens is 336 g/mol. The molecule has 23 heavy (non-hydrogen) atoms. The van der Waals surface area contributed by atoms with E-state index in [1.807, 2.05) is 40.7 Å². The van der Waals surface area contributed by atoms with Crippen molar-refractivity contribution in [2.45, 2.75) is 18.2 Å². The van der Waals surface area contributed by atoms with Crippen molar-refractivity contribution in [3.8, 4) is 5.69 Å². The summed E-state index contributed by atoms with van der Waals surface area (Å²) in [6, 6.07) is 7.43. The molecule has 1 aromatic heterocycles. The van der Waals surface area contributed by atoms with Gasteiger partial charge in [-0.2, -0.15) is 0 Å². The number of carbonyl (C=O) groups is 1. The first kappa shape index (κ1) is 16.3. The highest BCUT2D eigenvalue weighted by Crippen LogP contribution is 2.22. The second-order valence-corrected chi connectivity index (χ2v) is 6.65. The first-order valence-electron chi connectivity index (χ1n) is 7.31. The zero-order valence-electron chi connectivity index (χ0n) is 12.7. The third kappa shape index (κ3) is 4.04. The van der Waals surface area contributed by atoms with E-state index >= 15 is 0 Å². The molecule has 0 radical (unpaired) electrons. The van der Waals surface area contributed by atoms with Gasteiger partial charge in [0.05, 0.1) is 24.2 Å². The van der Waals surface area contributed by atoms with Gasteiger partial charge in [-0.25, -0.2) is 0 Å². The van der Waals surface area contributed by atoms with Crippen LogP contribution in [0.4, 0.5) is 0 Å². The van der Waals surface area contributed by atoms with Gasteiger partial charge in [0, 0.05) is 18.1 Å². The predicted molar refractivity (Wildman–Crippen MR) is 89.1 cm³/mol. The number of carbonyl (C=O) groups excluding carboxylic acids is 1. The van der Waals surface area contributed by atoms with Gasteiger partial charge in [-0.1, -0.05) is 29.4 Å². The number of ether oxygens (including phenoxy) is 1. The zero-order chi connectivity index (χ0) is 16.2. The maximum absolute atomic E-state index is 12.3. The molecule has 2 heterocycles. The third-order valence-corrected chi connectivity index (χ3v) is 4.68. The van der Waals surface area contributed by atoms with Crippen molar-refractivity contribution < 1.29 is 9.53 Å². The molecule has 1 aromatic carbocycles. The Morgan fingerprint density at radius 1 is 1.52 bits per heavy atom. The van der Waals surface area contributed by atoms with E-state index in [0.29, 0.717) is 35.6 Å². The fourth-order valence-corrected chi connectivity index (χ4v) is 3.40. The van der Waals surface area contributed by atoms with E-state index in [4.69, 9.17) is 16.3 Å². The van der Waals surface area contributed by atoms with Gasteiger partial charge >= 0.3 is 0 Å².